The lowest BCUT2D eigenvalue weighted by Gasteiger charge is -2.18. The van der Waals surface area contributed by atoms with Gasteiger partial charge in [-0.15, -0.1) is 0 Å². The Balaban J connectivity index is 3.11. The molecule has 2 atom stereocenters. The summed E-state index contributed by atoms with van der Waals surface area (Å²) in [4.78, 5) is 21.4. The van der Waals surface area contributed by atoms with Crippen molar-refractivity contribution in [3.8, 4) is 0 Å². The first-order valence-corrected chi connectivity index (χ1v) is 4.11. The molecule has 0 saturated carbocycles. The molecule has 0 aliphatic carbocycles. The summed E-state index contributed by atoms with van der Waals surface area (Å²) in [5, 5.41) is 18.1. The molecule has 5 nitrogen and oxygen atoms in total. The van der Waals surface area contributed by atoms with Gasteiger partial charge in [-0.3, -0.25) is 4.79 Å². The maximum absolute atomic E-state index is 10.8. The molecule has 0 bridgehead atoms. The fourth-order valence-corrected chi connectivity index (χ4v) is 1.32. The predicted molar refractivity (Wildman–Crippen MR) is 48.2 cm³/mol. The Morgan fingerprint density at radius 3 is 2.71 bits per heavy atom. The molecule has 1 aromatic rings. The number of aliphatic hydroxyl groups excluding tert-OH is 1. The predicted octanol–water partition coefficient (Wildman–Crippen LogP) is 0.307. The third kappa shape index (κ3) is 1.82. The van der Waals surface area contributed by atoms with E-state index in [0.717, 1.165) is 0 Å². The molecule has 1 aromatic heterocycles. The van der Waals surface area contributed by atoms with E-state index in [1.165, 1.54) is 23.8 Å². The Morgan fingerprint density at radius 1 is 1.64 bits per heavy atom. The van der Waals surface area contributed by atoms with Gasteiger partial charge in [0.15, 0.2) is 12.3 Å². The lowest BCUT2D eigenvalue weighted by Crippen LogP contribution is -2.29. The highest BCUT2D eigenvalue weighted by Crippen LogP contribution is 2.15. The second kappa shape index (κ2) is 4.06. The highest BCUT2D eigenvalue weighted by atomic mass is 16.4. The number of aliphatic hydroxyl groups is 1. The zero-order valence-corrected chi connectivity index (χ0v) is 7.62. The topological polar surface area (TPSA) is 79.5 Å². The van der Waals surface area contributed by atoms with E-state index in [0.29, 0.717) is 6.29 Å². The summed E-state index contributed by atoms with van der Waals surface area (Å²) in [7, 11) is 0. The summed E-state index contributed by atoms with van der Waals surface area (Å²) in [5.74, 6) is -1.17. The van der Waals surface area contributed by atoms with Crippen molar-refractivity contribution >= 4 is 12.3 Å². The van der Waals surface area contributed by atoms with Crippen molar-refractivity contribution < 1.29 is 19.8 Å². The number of nitrogens with zero attached hydrogens (tertiary/aromatic N) is 1. The molecule has 0 aliphatic rings. The van der Waals surface area contributed by atoms with Crippen molar-refractivity contribution in [3.63, 3.8) is 0 Å². The number of carbonyl (C=O) groups excluding carboxylic acids is 1. The van der Waals surface area contributed by atoms with Crippen molar-refractivity contribution in [2.75, 3.05) is 0 Å². The molecule has 0 fully saturated rings. The molecule has 0 aromatic carbocycles. The fourth-order valence-electron chi connectivity index (χ4n) is 1.32. The maximum atomic E-state index is 10.8. The second-order valence-corrected chi connectivity index (χ2v) is 2.98. The van der Waals surface area contributed by atoms with Crippen LogP contribution < -0.4 is 0 Å². The molecule has 2 unspecified atom stereocenters. The second-order valence-electron chi connectivity index (χ2n) is 2.98. The fraction of sp³-hybridized carbons (Fsp3) is 0.333. The largest absolute Gasteiger partial charge is 0.480 e. The summed E-state index contributed by atoms with van der Waals surface area (Å²) in [6.45, 7) is 1.37. The number of aliphatic carboxylic acids is 1. The number of aromatic nitrogens is 1. The maximum Gasteiger partial charge on any atom is 0.329 e. The minimum atomic E-state index is -1.17. The molecular formula is C9H11NO4. The molecule has 76 valence electrons. The average Bonchev–Trinajstić information content (AvgIpc) is 2.51. The minimum Gasteiger partial charge on any atom is -0.480 e. The van der Waals surface area contributed by atoms with E-state index in [-0.39, 0.29) is 5.69 Å². The number of hydrogen-bond acceptors (Lipinski definition) is 3. The Bertz CT molecular complexity index is 342. The van der Waals surface area contributed by atoms with Crippen LogP contribution in [0.15, 0.2) is 18.3 Å². The van der Waals surface area contributed by atoms with Crippen LogP contribution in [-0.4, -0.2) is 33.1 Å². The van der Waals surface area contributed by atoms with Gasteiger partial charge < -0.3 is 14.8 Å². The summed E-state index contributed by atoms with van der Waals surface area (Å²) in [5.41, 5.74) is 0.235. The van der Waals surface area contributed by atoms with Gasteiger partial charge in [0.05, 0.1) is 11.8 Å². The van der Waals surface area contributed by atoms with Crippen molar-refractivity contribution in [1.29, 1.82) is 0 Å². The van der Waals surface area contributed by atoms with Crippen LogP contribution in [0.5, 0.6) is 0 Å². The van der Waals surface area contributed by atoms with Crippen LogP contribution in [0.3, 0.4) is 0 Å². The van der Waals surface area contributed by atoms with Crippen LogP contribution in [-0.2, 0) is 4.79 Å². The number of carbonyl (C=O) groups is 2. The molecular weight excluding hydrogens is 186 g/mol. The lowest BCUT2D eigenvalue weighted by atomic mass is 10.2. The molecule has 0 amide bonds. The van der Waals surface area contributed by atoms with E-state index in [1.807, 2.05) is 0 Å². The number of carboxylic acids is 1. The number of rotatable bonds is 4. The van der Waals surface area contributed by atoms with Crippen LogP contribution >= 0.6 is 0 Å². The first-order chi connectivity index (χ1) is 6.57. The average molecular weight is 197 g/mol. The van der Waals surface area contributed by atoms with E-state index in [9.17, 15) is 14.7 Å². The number of aldehydes is 1. The zero-order chi connectivity index (χ0) is 10.7. The molecule has 0 aliphatic heterocycles. The van der Waals surface area contributed by atoms with Crippen LogP contribution in [0.25, 0.3) is 0 Å². The summed E-state index contributed by atoms with van der Waals surface area (Å²) in [6, 6.07) is 1.93. The molecule has 0 spiro atoms. The molecule has 0 saturated heterocycles. The Hall–Kier alpha value is -1.62. The number of carboxylic acid groups (broad SMARTS) is 1. The molecule has 0 radical (unpaired) electrons. The van der Waals surface area contributed by atoms with E-state index in [1.54, 1.807) is 6.07 Å². The SMILES string of the molecule is CC(O)C(C(=O)O)n1cccc1C=O. The molecule has 1 rings (SSSR count). The molecule has 14 heavy (non-hydrogen) atoms. The highest BCUT2D eigenvalue weighted by Gasteiger charge is 2.25. The Kier molecular flexibility index (Phi) is 3.03. The van der Waals surface area contributed by atoms with Crippen molar-refractivity contribution in [2.24, 2.45) is 0 Å². The van der Waals surface area contributed by atoms with E-state index in [4.69, 9.17) is 5.11 Å². The third-order valence-electron chi connectivity index (χ3n) is 1.94. The Morgan fingerprint density at radius 2 is 2.29 bits per heavy atom. The summed E-state index contributed by atoms with van der Waals surface area (Å²) in [6.07, 6.45) is 0.951. The van der Waals surface area contributed by atoms with Crippen LogP contribution in [0.4, 0.5) is 0 Å². The standard InChI is InChI=1S/C9H11NO4/c1-6(12)8(9(13)14)10-4-2-3-7(10)5-11/h2-6,8,12H,1H3,(H,13,14). The normalized spacial score (nSPS) is 14.7. The summed E-state index contributed by atoms with van der Waals surface area (Å²) >= 11 is 0. The van der Waals surface area contributed by atoms with Crippen LogP contribution in [0, 0.1) is 0 Å². The van der Waals surface area contributed by atoms with E-state index in [2.05, 4.69) is 0 Å². The van der Waals surface area contributed by atoms with Gasteiger partial charge in [0.1, 0.15) is 0 Å². The quantitative estimate of drug-likeness (QED) is 0.680. The van der Waals surface area contributed by atoms with Gasteiger partial charge in [-0.25, -0.2) is 4.79 Å². The van der Waals surface area contributed by atoms with Gasteiger partial charge in [-0.2, -0.15) is 0 Å². The molecule has 1 heterocycles. The van der Waals surface area contributed by atoms with Crippen molar-refractivity contribution in [3.05, 3.63) is 24.0 Å². The zero-order valence-electron chi connectivity index (χ0n) is 7.62. The Labute approximate surface area is 80.6 Å². The van der Waals surface area contributed by atoms with Crippen LogP contribution in [0.2, 0.25) is 0 Å². The number of hydrogen-bond donors (Lipinski definition) is 2. The van der Waals surface area contributed by atoms with E-state index < -0.39 is 18.1 Å². The minimum absolute atomic E-state index is 0.235. The van der Waals surface area contributed by atoms with Crippen molar-refractivity contribution in [2.45, 2.75) is 19.1 Å². The van der Waals surface area contributed by atoms with Gasteiger partial charge in [0, 0.05) is 6.20 Å². The van der Waals surface area contributed by atoms with E-state index >= 15 is 0 Å². The van der Waals surface area contributed by atoms with Gasteiger partial charge in [0.25, 0.3) is 0 Å². The van der Waals surface area contributed by atoms with Gasteiger partial charge >= 0.3 is 5.97 Å². The summed E-state index contributed by atoms with van der Waals surface area (Å²) < 4.78 is 1.24. The van der Waals surface area contributed by atoms with Gasteiger partial charge in [0.2, 0.25) is 0 Å². The third-order valence-corrected chi connectivity index (χ3v) is 1.94. The highest BCUT2D eigenvalue weighted by molar-refractivity contribution is 5.77. The first kappa shape index (κ1) is 10.5. The smallest absolute Gasteiger partial charge is 0.329 e. The molecule has 2 N–H and O–H groups in total. The van der Waals surface area contributed by atoms with Crippen molar-refractivity contribution in [1.82, 2.24) is 4.57 Å². The lowest BCUT2D eigenvalue weighted by molar-refractivity contribution is -0.144. The molecule has 5 heteroatoms. The first-order valence-electron chi connectivity index (χ1n) is 4.11. The van der Waals surface area contributed by atoms with Crippen LogP contribution in [0.1, 0.15) is 23.5 Å². The van der Waals surface area contributed by atoms with Gasteiger partial charge in [-0.05, 0) is 19.1 Å². The van der Waals surface area contributed by atoms with Gasteiger partial charge in [-0.1, -0.05) is 0 Å². The monoisotopic (exact) mass is 197 g/mol.